The van der Waals surface area contributed by atoms with E-state index in [9.17, 15) is 5.11 Å². The summed E-state index contributed by atoms with van der Waals surface area (Å²) in [6.45, 7) is 8.14. The molecule has 1 aromatic heterocycles. The number of rotatable bonds is 5. The number of hydrogen-bond donors (Lipinski definition) is 3. The highest BCUT2D eigenvalue weighted by atomic mass is 16.3. The quantitative estimate of drug-likeness (QED) is 0.722. The van der Waals surface area contributed by atoms with Crippen molar-refractivity contribution in [3.63, 3.8) is 0 Å². The number of aliphatic hydroxyl groups excluding tert-OH is 1. The zero-order valence-corrected chi connectivity index (χ0v) is 13.3. The van der Waals surface area contributed by atoms with Crippen LogP contribution in [-0.4, -0.2) is 40.2 Å². The standard InChI is InChI=1S/C16H28N4O/c1-11-5-4-6-12(2)20(11)8-7-18-16(21)14-9-15(17)13(3)19-10-14/h9-12,16,18,21H,4-8,17H2,1-3H3/t11-,12+,16?. The molecule has 1 saturated heterocycles. The highest BCUT2D eigenvalue weighted by molar-refractivity contribution is 5.44. The van der Waals surface area contributed by atoms with Gasteiger partial charge in [-0.15, -0.1) is 0 Å². The number of nitrogens with one attached hydrogen (secondary N) is 1. The third-order valence-electron chi connectivity index (χ3n) is 4.55. The number of pyridine rings is 1. The lowest BCUT2D eigenvalue weighted by molar-refractivity contribution is 0.0878. The molecular formula is C16H28N4O. The van der Waals surface area contributed by atoms with Gasteiger partial charge in [0.2, 0.25) is 0 Å². The minimum Gasteiger partial charge on any atom is -0.397 e. The summed E-state index contributed by atoms with van der Waals surface area (Å²) in [5.74, 6) is 0. The van der Waals surface area contributed by atoms with Crippen LogP contribution in [0.5, 0.6) is 0 Å². The first-order valence-corrected chi connectivity index (χ1v) is 7.88. The van der Waals surface area contributed by atoms with Crippen molar-refractivity contribution in [1.29, 1.82) is 0 Å². The maximum atomic E-state index is 10.2. The first kappa shape index (κ1) is 16.2. The van der Waals surface area contributed by atoms with Gasteiger partial charge in [0.1, 0.15) is 6.23 Å². The Balaban J connectivity index is 1.83. The Morgan fingerprint density at radius 2 is 2.10 bits per heavy atom. The Labute approximate surface area is 127 Å². The van der Waals surface area contributed by atoms with E-state index in [1.54, 1.807) is 12.3 Å². The largest absolute Gasteiger partial charge is 0.397 e. The van der Waals surface area contributed by atoms with Crippen LogP contribution in [-0.2, 0) is 0 Å². The fraction of sp³-hybridized carbons (Fsp3) is 0.688. The Hall–Kier alpha value is -1.17. The van der Waals surface area contributed by atoms with E-state index in [0.717, 1.165) is 24.3 Å². The molecule has 3 atom stereocenters. The molecule has 0 aliphatic carbocycles. The second-order valence-electron chi connectivity index (χ2n) is 6.17. The Morgan fingerprint density at radius 3 is 2.71 bits per heavy atom. The van der Waals surface area contributed by atoms with Crippen molar-refractivity contribution in [3.05, 3.63) is 23.5 Å². The molecule has 5 nitrogen and oxygen atoms in total. The van der Waals surface area contributed by atoms with E-state index < -0.39 is 6.23 Å². The fourth-order valence-electron chi connectivity index (χ4n) is 3.08. The molecule has 0 saturated carbocycles. The first-order chi connectivity index (χ1) is 9.99. The SMILES string of the molecule is Cc1ncc(C(O)NCCN2[C@H](C)CCC[C@@H]2C)cc1N. The molecule has 0 aromatic carbocycles. The van der Waals surface area contributed by atoms with E-state index in [2.05, 4.69) is 29.0 Å². The number of aryl methyl sites for hydroxylation is 1. The van der Waals surface area contributed by atoms with Gasteiger partial charge in [0.15, 0.2) is 0 Å². The molecule has 1 aliphatic rings. The van der Waals surface area contributed by atoms with Crippen molar-refractivity contribution in [1.82, 2.24) is 15.2 Å². The van der Waals surface area contributed by atoms with Crippen LogP contribution in [0.3, 0.4) is 0 Å². The lowest BCUT2D eigenvalue weighted by atomic mass is 9.98. The molecule has 1 fully saturated rings. The zero-order chi connectivity index (χ0) is 15.4. The molecule has 0 radical (unpaired) electrons. The summed E-state index contributed by atoms with van der Waals surface area (Å²) in [5, 5.41) is 13.3. The number of aromatic nitrogens is 1. The van der Waals surface area contributed by atoms with Gasteiger partial charge >= 0.3 is 0 Å². The van der Waals surface area contributed by atoms with Gasteiger partial charge in [-0.25, -0.2) is 0 Å². The van der Waals surface area contributed by atoms with E-state index in [-0.39, 0.29) is 0 Å². The molecule has 1 aliphatic heterocycles. The van der Waals surface area contributed by atoms with Gasteiger partial charge in [0.25, 0.3) is 0 Å². The summed E-state index contributed by atoms with van der Waals surface area (Å²) in [7, 11) is 0. The zero-order valence-electron chi connectivity index (χ0n) is 13.3. The molecule has 1 unspecified atom stereocenters. The topological polar surface area (TPSA) is 74.4 Å². The Kier molecular flexibility index (Phi) is 5.56. The molecule has 118 valence electrons. The number of hydrogen-bond acceptors (Lipinski definition) is 5. The van der Waals surface area contributed by atoms with Crippen LogP contribution in [0.4, 0.5) is 5.69 Å². The number of piperidine rings is 1. The van der Waals surface area contributed by atoms with Gasteiger partial charge in [-0.3, -0.25) is 15.2 Å². The third-order valence-corrected chi connectivity index (χ3v) is 4.55. The van der Waals surface area contributed by atoms with E-state index in [1.165, 1.54) is 19.3 Å². The number of nitrogens with two attached hydrogens (primary N) is 1. The van der Waals surface area contributed by atoms with Crippen molar-refractivity contribution in [3.8, 4) is 0 Å². The average Bonchev–Trinajstić information content (AvgIpc) is 2.45. The summed E-state index contributed by atoms with van der Waals surface area (Å²) < 4.78 is 0. The van der Waals surface area contributed by atoms with Gasteiger partial charge in [0.05, 0.1) is 11.4 Å². The van der Waals surface area contributed by atoms with Crippen LogP contribution < -0.4 is 11.1 Å². The van der Waals surface area contributed by atoms with Crippen molar-refractivity contribution >= 4 is 5.69 Å². The molecule has 0 amide bonds. The minimum atomic E-state index is -0.712. The van der Waals surface area contributed by atoms with Crippen LogP contribution in [0.25, 0.3) is 0 Å². The maximum absolute atomic E-state index is 10.2. The highest BCUT2D eigenvalue weighted by Crippen LogP contribution is 2.22. The molecule has 0 spiro atoms. The van der Waals surface area contributed by atoms with Crippen LogP contribution in [0.15, 0.2) is 12.3 Å². The molecule has 2 rings (SSSR count). The minimum absolute atomic E-state index is 0.617. The normalized spacial score (nSPS) is 25.0. The predicted octanol–water partition coefficient (Wildman–Crippen LogP) is 1.82. The Morgan fingerprint density at radius 1 is 1.43 bits per heavy atom. The summed E-state index contributed by atoms with van der Waals surface area (Å²) in [6, 6.07) is 3.04. The van der Waals surface area contributed by atoms with Crippen LogP contribution >= 0.6 is 0 Å². The van der Waals surface area contributed by atoms with Crippen LogP contribution in [0, 0.1) is 6.92 Å². The summed E-state index contributed by atoms with van der Waals surface area (Å²) in [5.41, 5.74) is 7.96. The number of likely N-dealkylation sites (tertiary alicyclic amines) is 1. The fourth-order valence-corrected chi connectivity index (χ4v) is 3.08. The smallest absolute Gasteiger partial charge is 0.132 e. The van der Waals surface area contributed by atoms with E-state index in [0.29, 0.717) is 17.8 Å². The predicted molar refractivity (Wildman–Crippen MR) is 85.8 cm³/mol. The summed E-state index contributed by atoms with van der Waals surface area (Å²) >= 11 is 0. The highest BCUT2D eigenvalue weighted by Gasteiger charge is 2.24. The molecule has 1 aromatic rings. The monoisotopic (exact) mass is 292 g/mol. The van der Waals surface area contributed by atoms with E-state index in [4.69, 9.17) is 5.73 Å². The number of nitrogen functional groups attached to an aromatic ring is 1. The van der Waals surface area contributed by atoms with Gasteiger partial charge < -0.3 is 10.8 Å². The lowest BCUT2D eigenvalue weighted by Crippen LogP contribution is -2.46. The van der Waals surface area contributed by atoms with Crippen molar-refractivity contribution in [2.45, 2.75) is 58.3 Å². The molecule has 2 heterocycles. The summed E-state index contributed by atoms with van der Waals surface area (Å²) in [4.78, 5) is 6.71. The van der Waals surface area contributed by atoms with Crippen LogP contribution in [0.2, 0.25) is 0 Å². The van der Waals surface area contributed by atoms with E-state index >= 15 is 0 Å². The van der Waals surface area contributed by atoms with Gasteiger partial charge in [-0.1, -0.05) is 6.42 Å². The van der Waals surface area contributed by atoms with Crippen LogP contribution in [0.1, 0.15) is 50.6 Å². The lowest BCUT2D eigenvalue weighted by Gasteiger charge is -2.39. The molecule has 0 bridgehead atoms. The molecule has 5 heteroatoms. The number of anilines is 1. The maximum Gasteiger partial charge on any atom is 0.132 e. The molecule has 4 N–H and O–H groups in total. The second-order valence-corrected chi connectivity index (χ2v) is 6.17. The second kappa shape index (κ2) is 7.20. The summed E-state index contributed by atoms with van der Waals surface area (Å²) in [6.07, 6.45) is 4.82. The Bertz CT molecular complexity index is 456. The first-order valence-electron chi connectivity index (χ1n) is 7.88. The van der Waals surface area contributed by atoms with Crippen molar-refractivity contribution < 1.29 is 5.11 Å². The average molecular weight is 292 g/mol. The number of aliphatic hydroxyl groups is 1. The molecular weight excluding hydrogens is 264 g/mol. The van der Waals surface area contributed by atoms with Crippen molar-refractivity contribution in [2.75, 3.05) is 18.8 Å². The number of nitrogens with zero attached hydrogens (tertiary/aromatic N) is 2. The van der Waals surface area contributed by atoms with Crippen molar-refractivity contribution in [2.24, 2.45) is 0 Å². The van der Waals surface area contributed by atoms with E-state index in [1.807, 2.05) is 6.92 Å². The van der Waals surface area contributed by atoms with Gasteiger partial charge in [0, 0.05) is 36.9 Å². The van der Waals surface area contributed by atoms with Gasteiger partial charge in [-0.05, 0) is 39.7 Å². The molecule has 21 heavy (non-hydrogen) atoms. The van der Waals surface area contributed by atoms with Gasteiger partial charge in [-0.2, -0.15) is 0 Å². The third kappa shape index (κ3) is 4.15.